The quantitative estimate of drug-likeness (QED) is 0.835. The first-order valence-corrected chi connectivity index (χ1v) is 9.65. The second-order valence-corrected chi connectivity index (χ2v) is 8.04. The monoisotopic (exact) mass is 374 g/mol. The molecule has 1 aliphatic rings. The van der Waals surface area contributed by atoms with Crippen LogP contribution in [0.5, 0.6) is 5.75 Å². The second kappa shape index (κ2) is 7.17. The van der Waals surface area contributed by atoms with Crippen molar-refractivity contribution in [1.82, 2.24) is 0 Å². The lowest BCUT2D eigenvalue weighted by Crippen LogP contribution is -2.25. The standard InChI is InChI=1S/C18H18N2O5S/c1-12-4-2-3-5-14(12)19-17(21)8-9-26(23,24)13-6-7-15-16(10-13)25-11-18(22)20-15/h2-7,10H,8-9,11H2,1H3,(H,19,21)(H,20,22). The number of sulfone groups is 1. The van der Waals surface area contributed by atoms with Gasteiger partial charge in [0.05, 0.1) is 16.3 Å². The summed E-state index contributed by atoms with van der Waals surface area (Å²) < 4.78 is 30.2. The van der Waals surface area contributed by atoms with Gasteiger partial charge in [-0.05, 0) is 30.7 Å². The van der Waals surface area contributed by atoms with Crippen molar-refractivity contribution in [1.29, 1.82) is 0 Å². The van der Waals surface area contributed by atoms with Crippen LogP contribution in [0.4, 0.5) is 11.4 Å². The summed E-state index contributed by atoms with van der Waals surface area (Å²) in [6, 6.07) is 11.5. The van der Waals surface area contributed by atoms with E-state index in [9.17, 15) is 18.0 Å². The maximum Gasteiger partial charge on any atom is 0.262 e. The fourth-order valence-corrected chi connectivity index (χ4v) is 3.77. The van der Waals surface area contributed by atoms with Crippen LogP contribution in [0.15, 0.2) is 47.4 Å². The molecule has 0 aromatic heterocycles. The predicted molar refractivity (Wildman–Crippen MR) is 97.0 cm³/mol. The molecule has 1 heterocycles. The summed E-state index contributed by atoms with van der Waals surface area (Å²) in [5.41, 5.74) is 1.99. The van der Waals surface area contributed by atoms with Crippen LogP contribution in [-0.4, -0.2) is 32.6 Å². The minimum absolute atomic E-state index is 0.0519. The highest BCUT2D eigenvalue weighted by Crippen LogP contribution is 2.30. The highest BCUT2D eigenvalue weighted by atomic mass is 32.2. The summed E-state index contributed by atoms with van der Waals surface area (Å²) in [7, 11) is -3.66. The molecule has 0 radical (unpaired) electrons. The van der Waals surface area contributed by atoms with Crippen LogP contribution in [-0.2, 0) is 19.4 Å². The molecule has 2 N–H and O–H groups in total. The summed E-state index contributed by atoms with van der Waals surface area (Å²) in [5, 5.41) is 5.31. The van der Waals surface area contributed by atoms with Gasteiger partial charge in [0.1, 0.15) is 5.75 Å². The number of hydrogen-bond donors (Lipinski definition) is 2. The van der Waals surface area contributed by atoms with Gasteiger partial charge in [-0.2, -0.15) is 0 Å². The Morgan fingerprint density at radius 3 is 2.77 bits per heavy atom. The first-order valence-electron chi connectivity index (χ1n) is 8.00. The fourth-order valence-electron chi connectivity index (χ4n) is 2.52. The van der Waals surface area contributed by atoms with E-state index in [2.05, 4.69) is 10.6 Å². The number of nitrogens with one attached hydrogen (secondary N) is 2. The summed E-state index contributed by atoms with van der Waals surface area (Å²) in [6.45, 7) is 1.70. The van der Waals surface area contributed by atoms with Crippen molar-refractivity contribution in [3.8, 4) is 5.75 Å². The van der Waals surface area contributed by atoms with Crippen molar-refractivity contribution in [3.63, 3.8) is 0 Å². The SMILES string of the molecule is Cc1ccccc1NC(=O)CCS(=O)(=O)c1ccc2c(c1)OCC(=O)N2. The molecule has 0 spiro atoms. The highest BCUT2D eigenvalue weighted by Gasteiger charge is 2.22. The van der Waals surface area contributed by atoms with Crippen molar-refractivity contribution in [2.75, 3.05) is 23.0 Å². The molecule has 0 atom stereocenters. The number of hydrogen-bond acceptors (Lipinski definition) is 5. The largest absolute Gasteiger partial charge is 0.482 e. The van der Waals surface area contributed by atoms with Crippen LogP contribution in [0, 0.1) is 6.92 Å². The first kappa shape index (κ1) is 17.9. The zero-order chi connectivity index (χ0) is 18.7. The number of anilines is 2. The van der Waals surface area contributed by atoms with Crippen molar-refractivity contribution in [2.24, 2.45) is 0 Å². The Labute approximate surface area is 151 Å². The number of amides is 2. The van der Waals surface area contributed by atoms with E-state index in [1.807, 2.05) is 19.1 Å². The molecule has 2 aromatic carbocycles. The van der Waals surface area contributed by atoms with Gasteiger partial charge >= 0.3 is 0 Å². The van der Waals surface area contributed by atoms with E-state index >= 15 is 0 Å². The van der Waals surface area contributed by atoms with E-state index in [1.165, 1.54) is 18.2 Å². The van der Waals surface area contributed by atoms with Crippen LogP contribution < -0.4 is 15.4 Å². The van der Waals surface area contributed by atoms with E-state index < -0.39 is 9.84 Å². The lowest BCUT2D eigenvalue weighted by molar-refractivity contribution is -0.118. The molecule has 0 bridgehead atoms. The molecular weight excluding hydrogens is 356 g/mol. The molecule has 3 rings (SSSR count). The van der Waals surface area contributed by atoms with Crippen molar-refractivity contribution in [3.05, 3.63) is 48.0 Å². The van der Waals surface area contributed by atoms with E-state index in [4.69, 9.17) is 4.74 Å². The number of para-hydroxylation sites is 1. The third-order valence-electron chi connectivity index (χ3n) is 3.96. The van der Waals surface area contributed by atoms with E-state index in [1.54, 1.807) is 12.1 Å². The number of aryl methyl sites for hydroxylation is 1. The fraction of sp³-hybridized carbons (Fsp3) is 0.222. The number of fused-ring (bicyclic) bond motifs is 1. The number of benzene rings is 2. The Morgan fingerprint density at radius 1 is 1.23 bits per heavy atom. The van der Waals surface area contributed by atoms with Gasteiger partial charge in [-0.15, -0.1) is 0 Å². The zero-order valence-electron chi connectivity index (χ0n) is 14.1. The zero-order valence-corrected chi connectivity index (χ0v) is 14.9. The molecule has 0 saturated carbocycles. The Hall–Kier alpha value is -2.87. The molecule has 136 valence electrons. The summed E-state index contributed by atoms with van der Waals surface area (Å²) in [6.07, 6.45) is -0.161. The lowest BCUT2D eigenvalue weighted by atomic mass is 10.2. The summed E-state index contributed by atoms with van der Waals surface area (Å²) in [4.78, 5) is 23.4. The van der Waals surface area contributed by atoms with Gasteiger partial charge < -0.3 is 15.4 Å². The van der Waals surface area contributed by atoms with E-state index in [0.717, 1.165) is 5.56 Å². The molecule has 0 saturated heterocycles. The van der Waals surface area contributed by atoms with Gasteiger partial charge in [0.2, 0.25) is 5.91 Å². The van der Waals surface area contributed by atoms with Crippen molar-refractivity contribution >= 4 is 33.0 Å². The molecule has 2 aromatic rings. The molecular formula is C18H18N2O5S. The molecule has 0 aliphatic carbocycles. The highest BCUT2D eigenvalue weighted by molar-refractivity contribution is 7.91. The topological polar surface area (TPSA) is 102 Å². The number of carbonyl (C=O) groups is 2. The minimum atomic E-state index is -3.66. The van der Waals surface area contributed by atoms with Crippen LogP contribution in [0.3, 0.4) is 0 Å². The summed E-state index contributed by atoms with van der Waals surface area (Å²) >= 11 is 0. The van der Waals surface area contributed by atoms with Crippen molar-refractivity contribution < 1.29 is 22.7 Å². The average Bonchev–Trinajstić information content (AvgIpc) is 2.61. The third kappa shape index (κ3) is 4.02. The number of rotatable bonds is 5. The van der Waals surface area contributed by atoms with Crippen LogP contribution in [0.2, 0.25) is 0 Å². The molecule has 7 nitrogen and oxygen atoms in total. The smallest absolute Gasteiger partial charge is 0.262 e. The number of carbonyl (C=O) groups excluding carboxylic acids is 2. The maximum atomic E-state index is 12.5. The third-order valence-corrected chi connectivity index (χ3v) is 5.68. The Kier molecular flexibility index (Phi) is 4.94. The molecule has 0 fully saturated rings. The second-order valence-electron chi connectivity index (χ2n) is 5.93. The van der Waals surface area contributed by atoms with Gasteiger partial charge in [-0.3, -0.25) is 9.59 Å². The Balaban J connectivity index is 1.66. The number of ether oxygens (including phenoxy) is 1. The first-order chi connectivity index (χ1) is 12.3. The summed E-state index contributed by atoms with van der Waals surface area (Å²) in [5.74, 6) is -0.684. The van der Waals surface area contributed by atoms with E-state index in [0.29, 0.717) is 17.1 Å². The minimum Gasteiger partial charge on any atom is -0.482 e. The molecule has 0 unspecified atom stereocenters. The van der Waals surface area contributed by atoms with Crippen LogP contribution in [0.1, 0.15) is 12.0 Å². The molecule has 2 amide bonds. The average molecular weight is 374 g/mol. The van der Waals surface area contributed by atoms with Gasteiger partial charge in [-0.1, -0.05) is 18.2 Å². The van der Waals surface area contributed by atoms with Gasteiger partial charge in [0.25, 0.3) is 5.91 Å². The lowest BCUT2D eigenvalue weighted by Gasteiger charge is -2.18. The molecule has 8 heteroatoms. The van der Waals surface area contributed by atoms with Crippen LogP contribution in [0.25, 0.3) is 0 Å². The normalized spacial score (nSPS) is 13.3. The molecule has 26 heavy (non-hydrogen) atoms. The Bertz CT molecular complexity index is 969. The van der Waals surface area contributed by atoms with Gasteiger partial charge in [0.15, 0.2) is 16.4 Å². The van der Waals surface area contributed by atoms with E-state index in [-0.39, 0.29) is 35.5 Å². The Morgan fingerprint density at radius 2 is 2.00 bits per heavy atom. The van der Waals surface area contributed by atoms with Crippen LogP contribution >= 0.6 is 0 Å². The van der Waals surface area contributed by atoms with Gasteiger partial charge in [0, 0.05) is 18.2 Å². The predicted octanol–water partition coefficient (Wildman–Crippen LogP) is 2.13. The maximum absolute atomic E-state index is 12.5. The molecule has 1 aliphatic heterocycles. The van der Waals surface area contributed by atoms with Gasteiger partial charge in [-0.25, -0.2) is 8.42 Å². The van der Waals surface area contributed by atoms with Crippen molar-refractivity contribution in [2.45, 2.75) is 18.2 Å².